The summed E-state index contributed by atoms with van der Waals surface area (Å²) in [6.07, 6.45) is -2.89. The number of aliphatic carboxylic acids is 2. The molecule has 0 unspecified atom stereocenters. The van der Waals surface area contributed by atoms with Crippen LogP contribution < -0.4 is 5.32 Å². The van der Waals surface area contributed by atoms with Gasteiger partial charge in [0, 0.05) is 52.9 Å². The highest BCUT2D eigenvalue weighted by Crippen LogP contribution is 2.40. The number of carboxylic acid groups (broad SMARTS) is 2. The smallest absolute Gasteiger partial charge is 0.481 e. The van der Waals surface area contributed by atoms with Gasteiger partial charge in [-0.2, -0.15) is 13.2 Å². The molecule has 3 rings (SSSR count). The first-order valence-electron chi connectivity index (χ1n) is 11.3. The summed E-state index contributed by atoms with van der Waals surface area (Å²) in [6, 6.07) is 8.18. The van der Waals surface area contributed by atoms with Crippen LogP contribution in [-0.2, 0) is 22.7 Å². The van der Waals surface area contributed by atoms with Crippen LogP contribution in [0.2, 0.25) is 0 Å². The molecule has 1 saturated heterocycles. The second kappa shape index (κ2) is 12.2. The summed E-state index contributed by atoms with van der Waals surface area (Å²) in [5.74, 6) is -3.56. The second-order valence-electron chi connectivity index (χ2n) is 9.15. The number of hydrogen-bond acceptors (Lipinski definition) is 5. The van der Waals surface area contributed by atoms with Crippen molar-refractivity contribution in [3.8, 4) is 0 Å². The number of piperazine rings is 1. The van der Waals surface area contributed by atoms with Crippen LogP contribution in [0.15, 0.2) is 24.3 Å². The molecule has 2 amide bonds. The molecule has 1 aromatic carbocycles. The summed E-state index contributed by atoms with van der Waals surface area (Å²) in [5.41, 5.74) is 1.59. The number of halogens is 3. The molecule has 0 radical (unpaired) electrons. The van der Waals surface area contributed by atoms with Gasteiger partial charge in [-0.15, -0.1) is 0 Å². The molecular formula is C23H33F3N4O5. The number of hydrogen-bond donors (Lipinski definition) is 3. The standard InChI is InChI=1S/C21H32N4O3.C2HF3O2/c1-23-10-12-25(13-11-23)15-18-6-4-17(5-7-18)14-24(2)20(28)22-16-21(19(26)27)8-3-9-21;3-2(4,5)1(6)7/h4-7H,3,8-16H2,1-2H3,(H,22,28)(H,26,27);(H,6,7). The van der Waals surface area contributed by atoms with E-state index in [2.05, 4.69) is 46.4 Å². The molecule has 3 N–H and O–H groups in total. The van der Waals surface area contributed by atoms with Gasteiger partial charge in [0.2, 0.25) is 0 Å². The Morgan fingerprint density at radius 3 is 1.97 bits per heavy atom. The van der Waals surface area contributed by atoms with Gasteiger partial charge in [-0.25, -0.2) is 9.59 Å². The number of urea groups is 1. The van der Waals surface area contributed by atoms with E-state index in [0.29, 0.717) is 19.4 Å². The Kier molecular flexibility index (Phi) is 9.90. The molecule has 1 saturated carbocycles. The highest BCUT2D eigenvalue weighted by Gasteiger charge is 2.44. The van der Waals surface area contributed by atoms with Crippen molar-refractivity contribution in [2.24, 2.45) is 5.41 Å². The monoisotopic (exact) mass is 502 g/mol. The SMILES string of the molecule is CN1CCN(Cc2ccc(CN(C)C(=O)NCC3(C(=O)O)CCC3)cc2)CC1.O=C(O)C(F)(F)F. The molecule has 1 aromatic rings. The average Bonchev–Trinajstić information content (AvgIpc) is 2.75. The summed E-state index contributed by atoms with van der Waals surface area (Å²) in [4.78, 5) is 39.0. The minimum absolute atomic E-state index is 0.204. The maximum Gasteiger partial charge on any atom is 0.490 e. The molecule has 0 atom stereocenters. The Morgan fingerprint density at radius 2 is 1.54 bits per heavy atom. The van der Waals surface area contributed by atoms with E-state index in [9.17, 15) is 27.9 Å². The number of nitrogens with one attached hydrogen (secondary N) is 1. The molecule has 9 nitrogen and oxygen atoms in total. The number of rotatable bonds is 7. The predicted molar refractivity (Wildman–Crippen MR) is 122 cm³/mol. The maximum absolute atomic E-state index is 12.3. The van der Waals surface area contributed by atoms with Crippen molar-refractivity contribution < 1.29 is 37.8 Å². The lowest BCUT2D eigenvalue weighted by Crippen LogP contribution is -2.49. The van der Waals surface area contributed by atoms with Crippen LogP contribution in [0.1, 0.15) is 30.4 Å². The van der Waals surface area contributed by atoms with Gasteiger partial charge >= 0.3 is 24.1 Å². The zero-order chi connectivity index (χ0) is 26.2. The normalized spacial score (nSPS) is 18.0. The average molecular weight is 503 g/mol. The third-order valence-corrected chi connectivity index (χ3v) is 6.38. The van der Waals surface area contributed by atoms with E-state index in [1.807, 2.05) is 0 Å². The lowest BCUT2D eigenvalue weighted by atomic mass is 9.69. The molecule has 1 aliphatic heterocycles. The Labute approximate surface area is 202 Å². The molecule has 35 heavy (non-hydrogen) atoms. The third kappa shape index (κ3) is 8.70. The van der Waals surface area contributed by atoms with Crippen molar-refractivity contribution in [3.63, 3.8) is 0 Å². The summed E-state index contributed by atoms with van der Waals surface area (Å²) in [5, 5.41) is 19.3. The molecule has 1 heterocycles. The first kappa shape index (κ1) is 28.4. The van der Waals surface area contributed by atoms with Crippen LogP contribution in [-0.4, -0.2) is 95.9 Å². The maximum atomic E-state index is 12.3. The first-order chi connectivity index (χ1) is 16.3. The summed E-state index contributed by atoms with van der Waals surface area (Å²) >= 11 is 0. The fraction of sp³-hybridized carbons (Fsp3) is 0.609. The number of amides is 2. The zero-order valence-electron chi connectivity index (χ0n) is 20.0. The van der Waals surface area contributed by atoms with Gasteiger partial charge in [0.1, 0.15) is 0 Å². The Balaban J connectivity index is 0.000000540. The van der Waals surface area contributed by atoms with Crippen LogP contribution in [0.5, 0.6) is 0 Å². The molecule has 2 fully saturated rings. The van der Waals surface area contributed by atoms with E-state index in [1.165, 1.54) is 5.56 Å². The van der Waals surface area contributed by atoms with Gasteiger partial charge in [0.15, 0.2) is 0 Å². The quantitative estimate of drug-likeness (QED) is 0.525. The van der Waals surface area contributed by atoms with E-state index in [1.54, 1.807) is 11.9 Å². The number of alkyl halides is 3. The topological polar surface area (TPSA) is 113 Å². The van der Waals surface area contributed by atoms with Gasteiger partial charge in [-0.3, -0.25) is 9.69 Å². The molecule has 2 aliphatic rings. The van der Waals surface area contributed by atoms with Gasteiger partial charge in [-0.1, -0.05) is 30.7 Å². The predicted octanol–water partition coefficient (Wildman–Crippen LogP) is 2.46. The van der Waals surface area contributed by atoms with E-state index in [4.69, 9.17) is 9.90 Å². The van der Waals surface area contributed by atoms with Gasteiger partial charge in [0.25, 0.3) is 0 Å². The van der Waals surface area contributed by atoms with Crippen molar-refractivity contribution in [1.82, 2.24) is 20.0 Å². The Hall–Kier alpha value is -2.86. The minimum atomic E-state index is -5.08. The van der Waals surface area contributed by atoms with Crippen LogP contribution in [0.4, 0.5) is 18.0 Å². The number of carbonyl (C=O) groups excluding carboxylic acids is 1. The van der Waals surface area contributed by atoms with Crippen LogP contribution in [0.25, 0.3) is 0 Å². The third-order valence-electron chi connectivity index (χ3n) is 6.38. The highest BCUT2D eigenvalue weighted by molar-refractivity contribution is 5.78. The lowest BCUT2D eigenvalue weighted by molar-refractivity contribution is -0.192. The van der Waals surface area contributed by atoms with Crippen molar-refractivity contribution in [1.29, 1.82) is 0 Å². The van der Waals surface area contributed by atoms with E-state index < -0.39 is 23.5 Å². The fourth-order valence-corrected chi connectivity index (χ4v) is 3.81. The number of nitrogens with zero attached hydrogens (tertiary/aromatic N) is 3. The van der Waals surface area contributed by atoms with Crippen molar-refractivity contribution in [3.05, 3.63) is 35.4 Å². The fourth-order valence-electron chi connectivity index (χ4n) is 3.81. The number of carboxylic acids is 2. The minimum Gasteiger partial charge on any atom is -0.481 e. The summed E-state index contributed by atoms with van der Waals surface area (Å²) in [6.45, 7) is 6.08. The summed E-state index contributed by atoms with van der Waals surface area (Å²) in [7, 11) is 3.90. The molecule has 1 aliphatic carbocycles. The summed E-state index contributed by atoms with van der Waals surface area (Å²) < 4.78 is 31.7. The number of carbonyl (C=O) groups is 3. The van der Waals surface area contributed by atoms with Crippen molar-refractivity contribution >= 4 is 18.0 Å². The van der Waals surface area contributed by atoms with E-state index in [-0.39, 0.29) is 12.6 Å². The zero-order valence-corrected chi connectivity index (χ0v) is 20.0. The van der Waals surface area contributed by atoms with Gasteiger partial charge in [-0.05, 0) is 31.0 Å². The molecule has 0 bridgehead atoms. The first-order valence-corrected chi connectivity index (χ1v) is 11.3. The van der Waals surface area contributed by atoms with Crippen molar-refractivity contribution in [2.45, 2.75) is 38.5 Å². The molecular weight excluding hydrogens is 469 g/mol. The lowest BCUT2D eigenvalue weighted by Gasteiger charge is -2.37. The number of benzene rings is 1. The highest BCUT2D eigenvalue weighted by atomic mass is 19.4. The second-order valence-corrected chi connectivity index (χ2v) is 9.15. The van der Waals surface area contributed by atoms with Crippen molar-refractivity contribution in [2.75, 3.05) is 46.8 Å². The van der Waals surface area contributed by atoms with Gasteiger partial charge in [0.05, 0.1) is 5.41 Å². The van der Waals surface area contributed by atoms with Crippen LogP contribution in [0.3, 0.4) is 0 Å². The van der Waals surface area contributed by atoms with E-state index in [0.717, 1.165) is 44.7 Å². The Bertz CT molecular complexity index is 867. The largest absolute Gasteiger partial charge is 0.490 e. The van der Waals surface area contributed by atoms with Gasteiger partial charge < -0.3 is 25.3 Å². The molecule has 0 spiro atoms. The molecule has 12 heteroatoms. The molecule has 196 valence electrons. The Morgan fingerprint density at radius 1 is 1.03 bits per heavy atom. The molecule has 0 aromatic heterocycles. The van der Waals surface area contributed by atoms with E-state index >= 15 is 0 Å². The number of likely N-dealkylation sites (N-methyl/N-ethyl adjacent to an activating group) is 1. The van der Waals surface area contributed by atoms with Crippen LogP contribution >= 0.6 is 0 Å². The van der Waals surface area contributed by atoms with Crippen LogP contribution in [0, 0.1) is 5.41 Å².